The second-order valence-corrected chi connectivity index (χ2v) is 7.32. The molecule has 3 nitrogen and oxygen atoms in total. The molecule has 2 saturated heterocycles. The molecule has 3 atom stereocenters. The lowest BCUT2D eigenvalue weighted by atomic mass is 10.00. The van der Waals surface area contributed by atoms with Crippen LogP contribution in [0.25, 0.3) is 0 Å². The number of amides is 2. The molecule has 0 spiro atoms. The van der Waals surface area contributed by atoms with E-state index in [1.807, 2.05) is 11.8 Å². The maximum Gasteiger partial charge on any atom is 0.315 e. The fraction of sp³-hybridized carbons (Fsp3) is 0.688. The zero-order valence-corrected chi connectivity index (χ0v) is 12.7. The van der Waals surface area contributed by atoms with Crippen molar-refractivity contribution in [2.75, 3.05) is 5.75 Å². The lowest BCUT2D eigenvalue weighted by Crippen LogP contribution is -2.36. The summed E-state index contributed by atoms with van der Waals surface area (Å²) in [6.07, 6.45) is 16.8. The summed E-state index contributed by atoms with van der Waals surface area (Å²) in [5.74, 6) is 1.77. The van der Waals surface area contributed by atoms with E-state index < -0.39 is 0 Å². The minimum Gasteiger partial charge on any atom is -0.332 e. The molecule has 0 aromatic rings. The van der Waals surface area contributed by atoms with Gasteiger partial charge in [-0.25, -0.2) is 4.79 Å². The van der Waals surface area contributed by atoms with Crippen molar-refractivity contribution in [1.29, 1.82) is 0 Å². The van der Waals surface area contributed by atoms with Crippen molar-refractivity contribution in [2.24, 2.45) is 5.92 Å². The van der Waals surface area contributed by atoms with Gasteiger partial charge in [-0.1, -0.05) is 50.0 Å². The van der Waals surface area contributed by atoms with Crippen LogP contribution in [0.2, 0.25) is 0 Å². The average Bonchev–Trinajstić information content (AvgIpc) is 3.12. The summed E-state index contributed by atoms with van der Waals surface area (Å²) in [7, 11) is 0. The third-order valence-electron chi connectivity index (χ3n) is 4.54. The van der Waals surface area contributed by atoms with Crippen LogP contribution >= 0.6 is 11.8 Å². The Morgan fingerprint density at radius 1 is 1.05 bits per heavy atom. The molecule has 0 radical (unpaired) electrons. The van der Waals surface area contributed by atoms with Crippen LogP contribution in [0.3, 0.4) is 0 Å². The summed E-state index contributed by atoms with van der Waals surface area (Å²) in [6, 6.07) is 0.780. The van der Waals surface area contributed by atoms with Crippen molar-refractivity contribution < 1.29 is 4.79 Å². The Hall–Kier alpha value is -0.900. The number of carbonyl (C=O) groups is 1. The lowest BCUT2D eigenvalue weighted by Gasteiger charge is -2.16. The Bertz CT molecular complexity index is 395. The van der Waals surface area contributed by atoms with Crippen LogP contribution < -0.4 is 10.6 Å². The Labute approximate surface area is 125 Å². The summed E-state index contributed by atoms with van der Waals surface area (Å²) in [4.78, 5) is 11.3. The minimum atomic E-state index is 0.0305. The van der Waals surface area contributed by atoms with E-state index in [1.165, 1.54) is 38.5 Å². The molecule has 1 aliphatic carbocycles. The third kappa shape index (κ3) is 3.40. The van der Waals surface area contributed by atoms with E-state index in [9.17, 15) is 4.79 Å². The lowest BCUT2D eigenvalue weighted by molar-refractivity contribution is 0.247. The van der Waals surface area contributed by atoms with Crippen LogP contribution in [0.1, 0.15) is 38.5 Å². The zero-order valence-electron chi connectivity index (χ0n) is 11.9. The van der Waals surface area contributed by atoms with E-state index >= 15 is 0 Å². The average molecular weight is 292 g/mol. The summed E-state index contributed by atoms with van der Waals surface area (Å²) >= 11 is 2.03. The van der Waals surface area contributed by atoms with Crippen molar-refractivity contribution in [3.05, 3.63) is 24.3 Å². The highest BCUT2D eigenvalue weighted by atomic mass is 32.2. The predicted octanol–water partition coefficient (Wildman–Crippen LogP) is 3.23. The number of fused-ring (bicyclic) bond motifs is 1. The third-order valence-corrected chi connectivity index (χ3v) is 6.05. The van der Waals surface area contributed by atoms with Crippen molar-refractivity contribution in [3.63, 3.8) is 0 Å². The molecule has 3 rings (SSSR count). The first-order valence-corrected chi connectivity index (χ1v) is 8.91. The highest BCUT2D eigenvalue weighted by molar-refractivity contribution is 8.00. The quantitative estimate of drug-likeness (QED) is 0.559. The van der Waals surface area contributed by atoms with E-state index in [1.54, 1.807) is 0 Å². The van der Waals surface area contributed by atoms with Gasteiger partial charge < -0.3 is 10.6 Å². The molecular weight excluding hydrogens is 268 g/mol. The van der Waals surface area contributed by atoms with Gasteiger partial charge in [0.15, 0.2) is 0 Å². The van der Waals surface area contributed by atoms with Crippen molar-refractivity contribution in [2.45, 2.75) is 55.9 Å². The Morgan fingerprint density at radius 2 is 1.80 bits per heavy atom. The van der Waals surface area contributed by atoms with Crippen LogP contribution in [0.15, 0.2) is 24.3 Å². The summed E-state index contributed by atoms with van der Waals surface area (Å²) in [6.45, 7) is 0. The number of nitrogens with one attached hydrogen (secondary N) is 2. The van der Waals surface area contributed by atoms with E-state index in [2.05, 4.69) is 34.9 Å². The first-order valence-electron chi connectivity index (χ1n) is 7.86. The van der Waals surface area contributed by atoms with E-state index in [0.717, 1.165) is 5.75 Å². The molecule has 2 amide bonds. The number of allylic oxidation sites excluding steroid dienone is 4. The zero-order chi connectivity index (χ0) is 13.8. The van der Waals surface area contributed by atoms with Gasteiger partial charge in [0.25, 0.3) is 0 Å². The fourth-order valence-corrected chi connectivity index (χ4v) is 4.94. The smallest absolute Gasteiger partial charge is 0.315 e. The second-order valence-electron chi connectivity index (χ2n) is 6.05. The molecule has 2 N–H and O–H groups in total. The van der Waals surface area contributed by atoms with Gasteiger partial charge in [-0.2, -0.15) is 11.8 Å². The number of unbranched alkanes of at least 4 members (excludes halogenated alkanes) is 3. The number of hydrogen-bond donors (Lipinski definition) is 2. The van der Waals surface area contributed by atoms with E-state index in [4.69, 9.17) is 0 Å². The first-order chi connectivity index (χ1) is 9.83. The maximum absolute atomic E-state index is 11.3. The molecular formula is C16H24N2OS. The topological polar surface area (TPSA) is 41.1 Å². The van der Waals surface area contributed by atoms with Gasteiger partial charge in [-0.05, 0) is 18.8 Å². The molecule has 0 bridgehead atoms. The molecule has 0 saturated carbocycles. The Balaban J connectivity index is 1.26. The van der Waals surface area contributed by atoms with Crippen LogP contribution in [-0.4, -0.2) is 29.1 Å². The standard InChI is InChI=1S/C16H24N2OS/c19-16-17-13-11-20-14(15(13)18-16)10-4-2-1-3-7-12-8-5-6-9-12/h5-6,8-9,12-15H,1-4,7,10-11H2,(H2,17,18,19)/t13-,14-,15-/m0/s1. The van der Waals surface area contributed by atoms with Gasteiger partial charge in [0.05, 0.1) is 12.1 Å². The van der Waals surface area contributed by atoms with Crippen molar-refractivity contribution in [1.82, 2.24) is 10.6 Å². The minimum absolute atomic E-state index is 0.0305. The monoisotopic (exact) mass is 292 g/mol. The number of hydrogen-bond acceptors (Lipinski definition) is 2. The molecule has 110 valence electrons. The molecule has 20 heavy (non-hydrogen) atoms. The Kier molecular flexibility index (Phi) is 4.71. The summed E-state index contributed by atoms with van der Waals surface area (Å²) in [5, 5.41) is 6.70. The Morgan fingerprint density at radius 3 is 2.60 bits per heavy atom. The largest absolute Gasteiger partial charge is 0.332 e. The summed E-state index contributed by atoms with van der Waals surface area (Å²) in [5.41, 5.74) is 0. The molecule has 0 aromatic heterocycles. The molecule has 2 aliphatic heterocycles. The number of rotatable bonds is 7. The number of urea groups is 1. The van der Waals surface area contributed by atoms with E-state index in [-0.39, 0.29) is 6.03 Å². The number of thioether (sulfide) groups is 1. The van der Waals surface area contributed by atoms with Gasteiger partial charge in [0.1, 0.15) is 0 Å². The van der Waals surface area contributed by atoms with Gasteiger partial charge >= 0.3 is 6.03 Å². The van der Waals surface area contributed by atoms with Crippen LogP contribution in [-0.2, 0) is 0 Å². The molecule has 0 unspecified atom stereocenters. The van der Waals surface area contributed by atoms with Gasteiger partial charge in [0.2, 0.25) is 0 Å². The molecule has 3 aliphatic rings. The van der Waals surface area contributed by atoms with Crippen LogP contribution in [0.5, 0.6) is 0 Å². The molecule has 2 fully saturated rings. The highest BCUT2D eigenvalue weighted by Crippen LogP contribution is 2.33. The predicted molar refractivity (Wildman–Crippen MR) is 85.0 cm³/mol. The normalized spacial score (nSPS) is 31.6. The first kappa shape index (κ1) is 14.1. The molecule has 4 heteroatoms. The summed E-state index contributed by atoms with van der Waals surface area (Å²) < 4.78 is 0. The second kappa shape index (κ2) is 6.70. The highest BCUT2D eigenvalue weighted by Gasteiger charge is 2.42. The number of carbonyl (C=O) groups excluding carboxylic acids is 1. The van der Waals surface area contributed by atoms with E-state index in [0.29, 0.717) is 23.3 Å². The molecule has 2 heterocycles. The molecule has 0 aromatic carbocycles. The van der Waals surface area contributed by atoms with Crippen molar-refractivity contribution >= 4 is 17.8 Å². The van der Waals surface area contributed by atoms with Crippen molar-refractivity contribution in [3.8, 4) is 0 Å². The maximum atomic E-state index is 11.3. The SMILES string of the molecule is O=C1N[C@H]2[C@H](CS[C@H]2CCCCCCC2C=CC=C2)N1. The van der Waals surface area contributed by atoms with Gasteiger partial charge in [-0.15, -0.1) is 0 Å². The van der Waals surface area contributed by atoms with Gasteiger partial charge in [0, 0.05) is 11.0 Å². The fourth-order valence-electron chi connectivity index (χ4n) is 3.39. The van der Waals surface area contributed by atoms with Gasteiger partial charge in [-0.3, -0.25) is 0 Å². The van der Waals surface area contributed by atoms with Crippen LogP contribution in [0.4, 0.5) is 4.79 Å². The van der Waals surface area contributed by atoms with Crippen LogP contribution in [0, 0.1) is 5.92 Å².